The second-order valence-corrected chi connectivity index (χ2v) is 10.0. The molecule has 0 aromatic heterocycles. The van der Waals surface area contributed by atoms with Gasteiger partial charge in [0.05, 0.1) is 28.7 Å². The minimum absolute atomic E-state index is 0.0453. The van der Waals surface area contributed by atoms with Crippen LogP contribution in [0.1, 0.15) is 36.0 Å². The van der Waals surface area contributed by atoms with Gasteiger partial charge in [0.25, 0.3) is 5.24 Å². The van der Waals surface area contributed by atoms with E-state index in [4.69, 9.17) is 4.74 Å². The molecule has 1 aromatic carbocycles. The van der Waals surface area contributed by atoms with Crippen molar-refractivity contribution in [3.05, 3.63) is 45.9 Å². The molecule has 2 N–H and O–H groups in total. The Labute approximate surface area is 207 Å². The molecule has 198 valence electrons. The van der Waals surface area contributed by atoms with E-state index in [1.54, 1.807) is 4.90 Å². The molecule has 3 heterocycles. The van der Waals surface area contributed by atoms with E-state index in [0.29, 0.717) is 55.8 Å². The molecule has 0 aliphatic carbocycles. The number of nitrogens with one attached hydrogen (secondary N) is 1. The highest BCUT2D eigenvalue weighted by Crippen LogP contribution is 2.38. The van der Waals surface area contributed by atoms with Crippen molar-refractivity contribution < 1.29 is 41.0 Å². The number of amidine groups is 1. The number of aliphatic hydroxyl groups excluding tert-OH is 1. The van der Waals surface area contributed by atoms with Gasteiger partial charge in [0.15, 0.2) is 0 Å². The summed E-state index contributed by atoms with van der Waals surface area (Å²) in [5, 5.41) is 12.5. The number of carbonyl (C=O) groups excluding carboxylic acids is 1. The molecule has 0 radical (unpaired) electrons. The fourth-order valence-corrected chi connectivity index (χ4v) is 5.24. The van der Waals surface area contributed by atoms with Crippen LogP contribution in [-0.2, 0) is 23.6 Å². The van der Waals surface area contributed by atoms with E-state index >= 15 is 0 Å². The molecule has 3 aliphatic rings. The second kappa shape index (κ2) is 10.7. The number of rotatable bonds is 4. The van der Waals surface area contributed by atoms with E-state index in [0.717, 1.165) is 17.8 Å². The topological polar surface area (TPSA) is 74.2 Å². The van der Waals surface area contributed by atoms with E-state index < -0.39 is 35.6 Å². The molecule has 3 aliphatic heterocycles. The van der Waals surface area contributed by atoms with Crippen LogP contribution in [0.2, 0.25) is 0 Å². The number of allylic oxidation sites excluding steroid dienone is 1. The number of thioether (sulfide) groups is 1. The lowest BCUT2D eigenvalue weighted by Crippen LogP contribution is -2.37. The van der Waals surface area contributed by atoms with E-state index in [2.05, 4.69) is 10.3 Å². The summed E-state index contributed by atoms with van der Waals surface area (Å²) in [4.78, 5) is 18.8. The summed E-state index contributed by atoms with van der Waals surface area (Å²) < 4.78 is 84.5. The fourth-order valence-electron chi connectivity index (χ4n) is 4.43. The van der Waals surface area contributed by atoms with Gasteiger partial charge in [-0.1, -0.05) is 12.1 Å². The number of ether oxygens (including phenoxy) is 1. The van der Waals surface area contributed by atoms with E-state index in [1.165, 1.54) is 0 Å². The third kappa shape index (κ3) is 6.61. The van der Waals surface area contributed by atoms with Gasteiger partial charge in [-0.25, -0.2) is 0 Å². The number of benzene rings is 1. The third-order valence-electron chi connectivity index (χ3n) is 6.40. The lowest BCUT2D eigenvalue weighted by molar-refractivity contribution is -0.143. The van der Waals surface area contributed by atoms with Crippen LogP contribution in [0.3, 0.4) is 0 Å². The molecule has 2 unspecified atom stereocenters. The van der Waals surface area contributed by atoms with Crippen LogP contribution in [0, 0.1) is 5.92 Å². The minimum Gasteiger partial charge on any atom is -0.391 e. The Bertz CT molecular complexity index is 1030. The van der Waals surface area contributed by atoms with Gasteiger partial charge < -0.3 is 15.2 Å². The van der Waals surface area contributed by atoms with E-state index in [-0.39, 0.29) is 35.9 Å². The number of nitrogens with zero attached hydrogens (tertiary/aromatic N) is 2. The van der Waals surface area contributed by atoms with Crippen LogP contribution in [0.25, 0.3) is 0 Å². The number of likely N-dealkylation sites (tertiary alicyclic amines) is 1. The van der Waals surface area contributed by atoms with E-state index in [9.17, 15) is 36.2 Å². The zero-order valence-electron chi connectivity index (χ0n) is 19.0. The summed E-state index contributed by atoms with van der Waals surface area (Å²) >= 11 is 0.996. The van der Waals surface area contributed by atoms with Gasteiger partial charge >= 0.3 is 12.4 Å². The zero-order chi connectivity index (χ0) is 26.1. The third-order valence-corrected chi connectivity index (χ3v) is 7.23. The SMILES string of the molecule is O=C1NC(=NC2COCCC2O)C(=CC2CCN(Cc3ccc(C(F)(F)F)cc3C(F)(F)F)CC2)S1. The zero-order valence-corrected chi connectivity index (χ0v) is 19.8. The van der Waals surface area contributed by atoms with Crippen molar-refractivity contribution in [3.8, 4) is 0 Å². The van der Waals surface area contributed by atoms with Gasteiger partial charge in [0, 0.05) is 13.2 Å². The van der Waals surface area contributed by atoms with Crippen LogP contribution in [0.15, 0.2) is 34.2 Å². The maximum absolute atomic E-state index is 13.5. The highest BCUT2D eigenvalue weighted by Gasteiger charge is 2.38. The quantitative estimate of drug-likeness (QED) is 0.539. The summed E-state index contributed by atoms with van der Waals surface area (Å²) in [6.07, 6.45) is -6.85. The molecule has 1 aromatic rings. The number of hydrogen-bond donors (Lipinski definition) is 2. The highest BCUT2D eigenvalue weighted by atomic mass is 32.2. The fraction of sp³-hybridized carbons (Fsp3) is 0.565. The molecular weight excluding hydrogens is 512 g/mol. The molecule has 3 saturated heterocycles. The molecule has 0 bridgehead atoms. The van der Waals surface area contributed by atoms with Crippen molar-refractivity contribution >= 4 is 22.8 Å². The molecule has 0 saturated carbocycles. The average molecular weight is 538 g/mol. The minimum atomic E-state index is -4.90. The Hall–Kier alpha value is -2.09. The number of halogens is 6. The lowest BCUT2D eigenvalue weighted by Gasteiger charge is -2.31. The Balaban J connectivity index is 1.41. The van der Waals surface area contributed by atoms with Crippen LogP contribution in [0.4, 0.5) is 31.1 Å². The van der Waals surface area contributed by atoms with Gasteiger partial charge in [0.1, 0.15) is 11.9 Å². The van der Waals surface area contributed by atoms with Crippen molar-refractivity contribution in [2.75, 3.05) is 26.3 Å². The first-order valence-electron chi connectivity index (χ1n) is 11.4. The summed E-state index contributed by atoms with van der Waals surface area (Å²) in [5.74, 6) is 0.422. The van der Waals surface area contributed by atoms with Crippen molar-refractivity contribution in [1.29, 1.82) is 0 Å². The maximum Gasteiger partial charge on any atom is 0.416 e. The number of piperidine rings is 1. The molecule has 2 atom stereocenters. The summed E-state index contributed by atoms with van der Waals surface area (Å²) in [5.41, 5.74) is -2.80. The predicted octanol–water partition coefficient (Wildman–Crippen LogP) is 4.82. The van der Waals surface area contributed by atoms with Gasteiger partial charge in [-0.2, -0.15) is 26.3 Å². The van der Waals surface area contributed by atoms with Crippen LogP contribution >= 0.6 is 11.8 Å². The lowest BCUT2D eigenvalue weighted by atomic mass is 9.95. The maximum atomic E-state index is 13.5. The largest absolute Gasteiger partial charge is 0.416 e. The number of amides is 1. The second-order valence-electron chi connectivity index (χ2n) is 9.00. The Morgan fingerprint density at radius 1 is 1.14 bits per heavy atom. The molecule has 13 heteroatoms. The van der Waals surface area contributed by atoms with Crippen molar-refractivity contribution in [3.63, 3.8) is 0 Å². The monoisotopic (exact) mass is 537 g/mol. The molecule has 1 amide bonds. The summed E-state index contributed by atoms with van der Waals surface area (Å²) in [6.45, 7) is 1.47. The molecule has 3 fully saturated rings. The number of carbonyl (C=O) groups is 1. The van der Waals surface area contributed by atoms with Crippen LogP contribution in [0.5, 0.6) is 0 Å². The standard InChI is InChI=1S/C23H25F6N3O3S/c24-22(25,26)15-2-1-14(16(10-15)23(27,28)29)11-32-6-3-13(4-7-32)9-19-20(31-21(34)36-19)30-17-12-35-8-5-18(17)33/h1-2,9-10,13,17-18,33H,3-8,11-12H2,(H,30,31,34). The summed E-state index contributed by atoms with van der Waals surface area (Å²) in [6, 6.07) is 1.27. The molecule has 4 rings (SSSR count). The molecular formula is C23H25F6N3O3S. The Kier molecular flexibility index (Phi) is 8.03. The van der Waals surface area contributed by atoms with Crippen molar-refractivity contribution in [1.82, 2.24) is 10.2 Å². The number of alkyl halides is 6. The molecule has 6 nitrogen and oxygen atoms in total. The molecule has 36 heavy (non-hydrogen) atoms. The van der Waals surface area contributed by atoms with Gasteiger partial charge in [-0.15, -0.1) is 0 Å². The van der Waals surface area contributed by atoms with Crippen LogP contribution in [-0.4, -0.2) is 59.5 Å². The summed E-state index contributed by atoms with van der Waals surface area (Å²) in [7, 11) is 0. The number of aliphatic hydroxyl groups is 1. The number of hydrogen-bond acceptors (Lipinski definition) is 6. The highest BCUT2D eigenvalue weighted by molar-refractivity contribution is 8.18. The smallest absolute Gasteiger partial charge is 0.391 e. The van der Waals surface area contributed by atoms with Gasteiger partial charge in [0.2, 0.25) is 0 Å². The van der Waals surface area contributed by atoms with Crippen molar-refractivity contribution in [2.45, 2.75) is 50.3 Å². The van der Waals surface area contributed by atoms with Gasteiger partial charge in [-0.3, -0.25) is 14.7 Å². The Morgan fingerprint density at radius 3 is 2.50 bits per heavy atom. The van der Waals surface area contributed by atoms with E-state index in [1.807, 2.05) is 6.08 Å². The molecule has 0 spiro atoms. The number of aliphatic imine (C=N–C) groups is 1. The average Bonchev–Trinajstić information content (AvgIpc) is 3.14. The van der Waals surface area contributed by atoms with Gasteiger partial charge in [-0.05, 0) is 67.7 Å². The first-order valence-corrected chi connectivity index (χ1v) is 12.3. The van der Waals surface area contributed by atoms with Crippen molar-refractivity contribution in [2.24, 2.45) is 10.9 Å². The normalized spacial score (nSPS) is 27.1. The first kappa shape index (κ1) is 27.0. The van der Waals surface area contributed by atoms with Crippen LogP contribution < -0.4 is 5.32 Å². The Morgan fingerprint density at radius 2 is 1.86 bits per heavy atom. The predicted molar refractivity (Wildman–Crippen MR) is 121 cm³/mol. The first-order chi connectivity index (χ1) is 16.9.